The van der Waals surface area contributed by atoms with Crippen molar-refractivity contribution >= 4 is 23.7 Å². The molecule has 0 amide bonds. The molecule has 2 rings (SSSR count). The summed E-state index contributed by atoms with van der Waals surface area (Å²) < 4.78 is 0. The molecule has 1 aromatic heterocycles. The van der Waals surface area contributed by atoms with E-state index >= 15 is 0 Å². The summed E-state index contributed by atoms with van der Waals surface area (Å²) in [7, 11) is 0. The number of nitro groups is 1. The molecule has 7 nitrogen and oxygen atoms in total. The van der Waals surface area contributed by atoms with Gasteiger partial charge in [0, 0.05) is 22.7 Å². The van der Waals surface area contributed by atoms with E-state index in [9.17, 15) is 19.7 Å². The summed E-state index contributed by atoms with van der Waals surface area (Å²) in [5.74, 6) is 0. The van der Waals surface area contributed by atoms with E-state index in [1.54, 1.807) is 6.92 Å². The highest BCUT2D eigenvalue weighted by Gasteiger charge is 2.14. The Bertz CT molecular complexity index is 742. The lowest BCUT2D eigenvalue weighted by Crippen LogP contribution is -2.07. The Morgan fingerprint density at radius 2 is 2.15 bits per heavy atom. The molecule has 8 heteroatoms. The molecule has 0 saturated carbocycles. The highest BCUT2D eigenvalue weighted by atomic mass is 32.2. The van der Waals surface area contributed by atoms with Crippen LogP contribution in [0.15, 0.2) is 39.1 Å². The Morgan fingerprint density at radius 3 is 2.75 bits per heavy atom. The van der Waals surface area contributed by atoms with Crippen molar-refractivity contribution in [3.8, 4) is 0 Å². The lowest BCUT2D eigenvalue weighted by molar-refractivity contribution is -0.385. The predicted molar refractivity (Wildman–Crippen MR) is 72.2 cm³/mol. The van der Waals surface area contributed by atoms with Crippen molar-refractivity contribution in [1.82, 2.24) is 9.97 Å². The number of benzene rings is 1. The first-order valence-electron chi connectivity index (χ1n) is 5.49. The van der Waals surface area contributed by atoms with E-state index in [2.05, 4.69) is 9.97 Å². The molecule has 0 atom stereocenters. The van der Waals surface area contributed by atoms with E-state index in [-0.39, 0.29) is 16.8 Å². The smallest absolute Gasteiger partial charge is 0.279 e. The Kier molecular flexibility index (Phi) is 3.94. The van der Waals surface area contributed by atoms with Gasteiger partial charge in [0.05, 0.1) is 10.5 Å². The number of carbonyl (C=O) groups is 1. The van der Waals surface area contributed by atoms with Gasteiger partial charge in [-0.15, -0.1) is 0 Å². The highest BCUT2D eigenvalue weighted by Crippen LogP contribution is 2.28. The second-order valence-electron chi connectivity index (χ2n) is 3.89. The molecule has 0 fully saturated rings. The lowest BCUT2D eigenvalue weighted by Gasteiger charge is -2.03. The minimum Gasteiger partial charge on any atom is -0.301 e. The lowest BCUT2D eigenvalue weighted by atomic mass is 10.2. The van der Waals surface area contributed by atoms with Gasteiger partial charge in [0.1, 0.15) is 0 Å². The number of hydrogen-bond donors (Lipinski definition) is 1. The van der Waals surface area contributed by atoms with Crippen LogP contribution in [-0.2, 0) is 0 Å². The highest BCUT2D eigenvalue weighted by molar-refractivity contribution is 7.99. The Balaban J connectivity index is 2.37. The van der Waals surface area contributed by atoms with Crippen molar-refractivity contribution in [2.24, 2.45) is 0 Å². The fraction of sp³-hybridized carbons (Fsp3) is 0.0833. The van der Waals surface area contributed by atoms with Crippen molar-refractivity contribution in [3.63, 3.8) is 0 Å². The van der Waals surface area contributed by atoms with Gasteiger partial charge < -0.3 is 4.98 Å². The number of aromatic amines is 1. The standard InChI is InChI=1S/C12H9N3O4S/c1-7-4-11(17)14-12(13-7)20-9-2-3-10(15(18)19)8(5-9)6-16/h2-6H,1H3,(H,13,14,17). The van der Waals surface area contributed by atoms with Crippen LogP contribution >= 0.6 is 11.8 Å². The van der Waals surface area contributed by atoms with Gasteiger partial charge in [-0.05, 0) is 19.1 Å². The van der Waals surface area contributed by atoms with Crippen LogP contribution in [0.2, 0.25) is 0 Å². The van der Waals surface area contributed by atoms with E-state index in [1.807, 2.05) is 0 Å². The summed E-state index contributed by atoms with van der Waals surface area (Å²) in [4.78, 5) is 39.5. The average Bonchev–Trinajstić information content (AvgIpc) is 2.37. The Morgan fingerprint density at radius 1 is 1.40 bits per heavy atom. The summed E-state index contributed by atoms with van der Waals surface area (Å²) in [6, 6.07) is 5.49. The summed E-state index contributed by atoms with van der Waals surface area (Å²) in [5.41, 5.74) is 0.0105. The quantitative estimate of drug-likeness (QED) is 0.399. The van der Waals surface area contributed by atoms with Crippen LogP contribution < -0.4 is 5.56 Å². The average molecular weight is 291 g/mol. The number of H-pyrrole nitrogens is 1. The molecular formula is C12H9N3O4S. The molecule has 20 heavy (non-hydrogen) atoms. The maximum Gasteiger partial charge on any atom is 0.279 e. The minimum atomic E-state index is -0.620. The maximum atomic E-state index is 11.3. The molecular weight excluding hydrogens is 282 g/mol. The van der Waals surface area contributed by atoms with Gasteiger partial charge in [-0.3, -0.25) is 19.7 Å². The summed E-state index contributed by atoms with van der Waals surface area (Å²) in [6.45, 7) is 1.69. The molecule has 0 saturated heterocycles. The van der Waals surface area contributed by atoms with Gasteiger partial charge in [0.15, 0.2) is 11.4 Å². The van der Waals surface area contributed by atoms with E-state index in [0.717, 1.165) is 11.8 Å². The normalized spacial score (nSPS) is 10.2. The topological polar surface area (TPSA) is 106 Å². The number of aldehydes is 1. The second-order valence-corrected chi connectivity index (χ2v) is 4.95. The van der Waals surface area contributed by atoms with Crippen LogP contribution in [0, 0.1) is 17.0 Å². The number of nitrogens with one attached hydrogen (secondary N) is 1. The molecule has 0 aliphatic carbocycles. The second kappa shape index (κ2) is 5.66. The van der Waals surface area contributed by atoms with Gasteiger partial charge in [-0.25, -0.2) is 4.98 Å². The van der Waals surface area contributed by atoms with Crippen molar-refractivity contribution in [1.29, 1.82) is 0 Å². The molecule has 0 unspecified atom stereocenters. The number of hydrogen-bond acceptors (Lipinski definition) is 6. The first-order valence-corrected chi connectivity index (χ1v) is 6.30. The van der Waals surface area contributed by atoms with Crippen molar-refractivity contribution in [2.75, 3.05) is 0 Å². The third-order valence-electron chi connectivity index (χ3n) is 2.39. The third kappa shape index (κ3) is 3.09. The van der Waals surface area contributed by atoms with Crippen LogP contribution in [-0.4, -0.2) is 21.2 Å². The Hall–Kier alpha value is -2.48. The number of aromatic nitrogens is 2. The number of rotatable bonds is 4. The fourth-order valence-electron chi connectivity index (χ4n) is 1.57. The van der Waals surface area contributed by atoms with Crippen molar-refractivity contribution < 1.29 is 9.72 Å². The minimum absolute atomic E-state index is 0.0185. The van der Waals surface area contributed by atoms with Crippen LogP contribution in [0.4, 0.5) is 5.69 Å². The molecule has 1 aromatic carbocycles. The Labute approximate surface area is 117 Å². The SMILES string of the molecule is Cc1cc(=O)[nH]c(Sc2ccc([N+](=O)[O-])c(C=O)c2)n1. The van der Waals surface area contributed by atoms with Gasteiger partial charge >= 0.3 is 0 Å². The van der Waals surface area contributed by atoms with Gasteiger partial charge in [-0.2, -0.15) is 0 Å². The molecule has 102 valence electrons. The zero-order valence-electron chi connectivity index (χ0n) is 10.3. The van der Waals surface area contributed by atoms with Crippen LogP contribution in [0.5, 0.6) is 0 Å². The molecule has 0 bridgehead atoms. The largest absolute Gasteiger partial charge is 0.301 e. The molecule has 0 aliphatic rings. The molecule has 0 spiro atoms. The first-order chi connectivity index (χ1) is 9.49. The van der Waals surface area contributed by atoms with E-state index in [0.29, 0.717) is 22.0 Å². The van der Waals surface area contributed by atoms with Gasteiger partial charge in [0.25, 0.3) is 11.2 Å². The number of aryl methyl sites for hydroxylation is 1. The van der Waals surface area contributed by atoms with Crippen molar-refractivity contribution in [3.05, 3.63) is 56.0 Å². The van der Waals surface area contributed by atoms with Crippen LogP contribution in [0.3, 0.4) is 0 Å². The van der Waals surface area contributed by atoms with Gasteiger partial charge in [-0.1, -0.05) is 11.8 Å². The monoisotopic (exact) mass is 291 g/mol. The molecule has 1 heterocycles. The summed E-state index contributed by atoms with van der Waals surface area (Å²) >= 11 is 1.12. The third-order valence-corrected chi connectivity index (χ3v) is 3.26. The number of nitro benzene ring substituents is 1. The fourth-order valence-corrected chi connectivity index (χ4v) is 2.45. The first kappa shape index (κ1) is 13.9. The number of carbonyl (C=O) groups excluding carboxylic acids is 1. The molecule has 2 aromatic rings. The van der Waals surface area contributed by atoms with Crippen LogP contribution in [0.25, 0.3) is 0 Å². The van der Waals surface area contributed by atoms with Gasteiger partial charge in [0.2, 0.25) is 0 Å². The van der Waals surface area contributed by atoms with E-state index in [4.69, 9.17) is 0 Å². The van der Waals surface area contributed by atoms with Crippen molar-refractivity contribution in [2.45, 2.75) is 17.0 Å². The zero-order chi connectivity index (χ0) is 14.7. The summed E-state index contributed by atoms with van der Waals surface area (Å²) in [5, 5.41) is 11.1. The van der Waals surface area contributed by atoms with E-state index in [1.165, 1.54) is 24.3 Å². The van der Waals surface area contributed by atoms with E-state index < -0.39 is 4.92 Å². The molecule has 0 aliphatic heterocycles. The predicted octanol–water partition coefficient (Wildman–Crippen LogP) is 1.95. The zero-order valence-corrected chi connectivity index (χ0v) is 11.1. The maximum absolute atomic E-state index is 11.3. The summed E-state index contributed by atoms with van der Waals surface area (Å²) in [6.07, 6.45) is 0.425. The molecule has 1 N–H and O–H groups in total. The number of nitrogens with zero attached hydrogens (tertiary/aromatic N) is 2. The molecule has 0 radical (unpaired) electrons. The van der Waals surface area contributed by atoms with Crippen LogP contribution in [0.1, 0.15) is 16.1 Å².